The normalized spacial score (nSPS) is 18.0. The molecule has 3 heterocycles. The second-order valence-electron chi connectivity index (χ2n) is 5.67. The highest BCUT2D eigenvalue weighted by Crippen LogP contribution is 2.27. The van der Waals surface area contributed by atoms with Crippen LogP contribution in [0.25, 0.3) is 0 Å². The molecule has 2 aliphatic rings. The van der Waals surface area contributed by atoms with Crippen LogP contribution < -0.4 is 4.74 Å². The molecule has 120 valence electrons. The molecule has 0 unspecified atom stereocenters. The summed E-state index contributed by atoms with van der Waals surface area (Å²) in [7, 11) is 0. The Bertz CT molecular complexity index is 588. The van der Waals surface area contributed by atoms with Crippen molar-refractivity contribution >= 4 is 11.9 Å². The van der Waals surface area contributed by atoms with Gasteiger partial charge in [-0.25, -0.2) is 4.68 Å². The van der Waals surface area contributed by atoms with E-state index in [4.69, 9.17) is 9.47 Å². The van der Waals surface area contributed by atoms with E-state index in [-0.39, 0.29) is 17.8 Å². The number of piperidine rings is 1. The molecule has 3 rings (SSSR count). The van der Waals surface area contributed by atoms with Crippen molar-refractivity contribution in [1.29, 1.82) is 0 Å². The summed E-state index contributed by atoms with van der Waals surface area (Å²) in [5, 5.41) is 4.36. The summed E-state index contributed by atoms with van der Waals surface area (Å²) in [4.78, 5) is 26.1. The zero-order valence-corrected chi connectivity index (χ0v) is 13.0. The van der Waals surface area contributed by atoms with Gasteiger partial charge in [-0.15, -0.1) is 0 Å². The van der Waals surface area contributed by atoms with Crippen LogP contribution in [0.15, 0.2) is 0 Å². The summed E-state index contributed by atoms with van der Waals surface area (Å²) in [6, 6.07) is 0. The van der Waals surface area contributed by atoms with E-state index in [0.29, 0.717) is 57.3 Å². The van der Waals surface area contributed by atoms with E-state index in [1.807, 2.05) is 6.92 Å². The summed E-state index contributed by atoms with van der Waals surface area (Å²) in [6.45, 7) is 6.49. The van der Waals surface area contributed by atoms with Gasteiger partial charge >= 0.3 is 5.97 Å². The van der Waals surface area contributed by atoms with Gasteiger partial charge in [0.15, 0.2) is 5.69 Å². The molecule has 0 aliphatic carbocycles. The predicted octanol–water partition coefficient (Wildman–Crippen LogP) is 0.999. The molecule has 0 aromatic carbocycles. The molecule has 1 saturated heterocycles. The smallest absolute Gasteiger partial charge is 0.309 e. The average molecular weight is 307 g/mol. The van der Waals surface area contributed by atoms with Crippen molar-refractivity contribution in [3.8, 4) is 5.88 Å². The molecule has 0 spiro atoms. The number of rotatable bonds is 3. The summed E-state index contributed by atoms with van der Waals surface area (Å²) in [5.74, 6) is 0.371. The van der Waals surface area contributed by atoms with Crippen LogP contribution in [0.5, 0.6) is 5.88 Å². The molecule has 0 N–H and O–H groups in total. The number of nitrogens with zero attached hydrogens (tertiary/aromatic N) is 3. The summed E-state index contributed by atoms with van der Waals surface area (Å²) < 4.78 is 12.3. The maximum atomic E-state index is 12.6. The summed E-state index contributed by atoms with van der Waals surface area (Å²) in [6.07, 6.45) is 1.29. The van der Waals surface area contributed by atoms with Crippen molar-refractivity contribution < 1.29 is 19.1 Å². The van der Waals surface area contributed by atoms with Crippen LogP contribution in [-0.4, -0.2) is 52.9 Å². The van der Waals surface area contributed by atoms with Crippen LogP contribution in [0.3, 0.4) is 0 Å². The van der Waals surface area contributed by atoms with Crippen molar-refractivity contribution in [1.82, 2.24) is 14.7 Å². The lowest BCUT2D eigenvalue weighted by Gasteiger charge is -2.30. The molecule has 1 fully saturated rings. The van der Waals surface area contributed by atoms with Crippen LogP contribution in [0, 0.1) is 12.8 Å². The molecular weight excluding hydrogens is 286 g/mol. The van der Waals surface area contributed by atoms with Crippen molar-refractivity contribution in [3.63, 3.8) is 0 Å². The van der Waals surface area contributed by atoms with Gasteiger partial charge in [0.05, 0.1) is 19.1 Å². The highest BCUT2D eigenvalue weighted by Gasteiger charge is 2.32. The van der Waals surface area contributed by atoms with E-state index >= 15 is 0 Å². The number of likely N-dealkylation sites (tertiary alicyclic amines) is 1. The molecule has 0 bridgehead atoms. The van der Waals surface area contributed by atoms with Gasteiger partial charge in [-0.3, -0.25) is 9.59 Å². The van der Waals surface area contributed by atoms with E-state index in [1.165, 1.54) is 0 Å². The number of ether oxygens (including phenoxy) is 2. The Hall–Kier alpha value is -2.05. The maximum Gasteiger partial charge on any atom is 0.309 e. The van der Waals surface area contributed by atoms with Crippen LogP contribution in [0.2, 0.25) is 0 Å². The zero-order chi connectivity index (χ0) is 15.7. The molecule has 2 aliphatic heterocycles. The fourth-order valence-corrected chi connectivity index (χ4v) is 3.03. The Morgan fingerprint density at radius 2 is 2.05 bits per heavy atom. The first-order valence-corrected chi connectivity index (χ1v) is 7.78. The van der Waals surface area contributed by atoms with Crippen LogP contribution in [0.1, 0.15) is 35.8 Å². The minimum absolute atomic E-state index is 0.0784. The lowest BCUT2D eigenvalue weighted by atomic mass is 9.96. The lowest BCUT2D eigenvalue weighted by Crippen LogP contribution is -2.41. The molecular formula is C15H21N3O4. The Morgan fingerprint density at radius 3 is 2.68 bits per heavy atom. The van der Waals surface area contributed by atoms with Crippen LogP contribution >= 0.6 is 0 Å². The molecule has 7 nitrogen and oxygen atoms in total. The second-order valence-corrected chi connectivity index (χ2v) is 5.67. The van der Waals surface area contributed by atoms with E-state index in [0.717, 1.165) is 5.56 Å². The number of fused-ring (bicyclic) bond motifs is 1. The van der Waals surface area contributed by atoms with Crippen molar-refractivity contribution in [3.05, 3.63) is 11.3 Å². The minimum atomic E-state index is -0.153. The maximum absolute atomic E-state index is 12.6. The number of amides is 1. The fourth-order valence-electron chi connectivity index (χ4n) is 3.03. The lowest BCUT2D eigenvalue weighted by molar-refractivity contribution is -0.149. The molecule has 0 atom stereocenters. The van der Waals surface area contributed by atoms with Crippen molar-refractivity contribution in [2.45, 2.75) is 33.2 Å². The molecule has 1 aromatic heterocycles. The topological polar surface area (TPSA) is 73.7 Å². The fraction of sp³-hybridized carbons (Fsp3) is 0.667. The predicted molar refractivity (Wildman–Crippen MR) is 77.7 cm³/mol. The average Bonchev–Trinajstić information content (AvgIpc) is 3.10. The van der Waals surface area contributed by atoms with Gasteiger partial charge < -0.3 is 14.4 Å². The third-order valence-corrected chi connectivity index (χ3v) is 4.28. The Morgan fingerprint density at radius 1 is 1.32 bits per heavy atom. The number of esters is 1. The molecule has 0 radical (unpaired) electrons. The zero-order valence-electron chi connectivity index (χ0n) is 13.0. The Balaban J connectivity index is 1.64. The number of aromatic nitrogens is 2. The minimum Gasteiger partial charge on any atom is -0.476 e. The van der Waals surface area contributed by atoms with Crippen molar-refractivity contribution in [2.24, 2.45) is 5.92 Å². The molecule has 22 heavy (non-hydrogen) atoms. The van der Waals surface area contributed by atoms with Gasteiger partial charge in [0.25, 0.3) is 5.91 Å². The second kappa shape index (κ2) is 5.98. The van der Waals surface area contributed by atoms with E-state index in [9.17, 15) is 9.59 Å². The van der Waals surface area contributed by atoms with Gasteiger partial charge in [0.2, 0.25) is 5.88 Å². The first-order valence-electron chi connectivity index (χ1n) is 7.78. The van der Waals surface area contributed by atoms with Gasteiger partial charge in [-0.2, -0.15) is 5.10 Å². The third-order valence-electron chi connectivity index (χ3n) is 4.28. The Labute approximate surface area is 129 Å². The SMILES string of the molecule is CCOC(=O)C1CCN(C(=O)c2nn3c(c2C)OCC3)CC1. The standard InChI is InChI=1S/C15H21N3O4/c1-3-21-15(20)11-4-6-17(7-5-11)13(19)12-10(2)14-18(16-12)8-9-22-14/h11H,3-9H2,1-2H3. The molecule has 0 saturated carbocycles. The molecule has 7 heteroatoms. The number of carbonyl (C=O) groups is 2. The van der Waals surface area contributed by atoms with Crippen molar-refractivity contribution in [2.75, 3.05) is 26.3 Å². The molecule has 1 aromatic rings. The number of hydrogen-bond donors (Lipinski definition) is 0. The molecule has 1 amide bonds. The van der Waals surface area contributed by atoms with Gasteiger partial charge in [-0.1, -0.05) is 0 Å². The largest absolute Gasteiger partial charge is 0.476 e. The number of carbonyl (C=O) groups excluding carboxylic acids is 2. The van der Waals surface area contributed by atoms with Gasteiger partial charge in [-0.05, 0) is 26.7 Å². The Kier molecular flexibility index (Phi) is 4.04. The number of hydrogen-bond acceptors (Lipinski definition) is 5. The first-order chi connectivity index (χ1) is 10.6. The summed E-state index contributed by atoms with van der Waals surface area (Å²) >= 11 is 0. The van der Waals surface area contributed by atoms with Gasteiger partial charge in [0.1, 0.15) is 6.61 Å². The highest BCUT2D eigenvalue weighted by molar-refractivity contribution is 5.94. The van der Waals surface area contributed by atoms with E-state index in [1.54, 1.807) is 16.5 Å². The van der Waals surface area contributed by atoms with Crippen LogP contribution in [0.4, 0.5) is 0 Å². The van der Waals surface area contributed by atoms with E-state index < -0.39 is 0 Å². The van der Waals surface area contributed by atoms with Gasteiger partial charge in [0, 0.05) is 18.7 Å². The summed E-state index contributed by atoms with van der Waals surface area (Å²) in [5.41, 5.74) is 1.26. The first kappa shape index (κ1) is 14.9. The third kappa shape index (κ3) is 2.55. The van der Waals surface area contributed by atoms with E-state index in [2.05, 4.69) is 5.10 Å². The van der Waals surface area contributed by atoms with Crippen LogP contribution in [-0.2, 0) is 16.1 Å². The monoisotopic (exact) mass is 307 g/mol. The highest BCUT2D eigenvalue weighted by atomic mass is 16.5. The quantitative estimate of drug-likeness (QED) is 0.779.